The van der Waals surface area contributed by atoms with Gasteiger partial charge in [0.1, 0.15) is 10.8 Å². The molecule has 0 saturated carbocycles. The molecular formula is C16H11FN2OS. The van der Waals surface area contributed by atoms with Crippen LogP contribution >= 0.6 is 11.3 Å². The Morgan fingerprint density at radius 3 is 2.52 bits per heavy atom. The second-order valence-corrected chi connectivity index (χ2v) is 5.47. The number of carbonyl (C=O) groups excluding carboxylic acids is 1. The molecule has 21 heavy (non-hydrogen) atoms. The van der Waals surface area contributed by atoms with E-state index in [0.29, 0.717) is 21.1 Å². The second-order valence-electron chi connectivity index (χ2n) is 4.47. The van der Waals surface area contributed by atoms with E-state index < -0.39 is 0 Å². The highest BCUT2D eigenvalue weighted by molar-refractivity contribution is 7.17. The largest absolute Gasteiger partial charge is 0.294 e. The SMILES string of the molecule is CC(=O)c1sc(-c2ccncc2)nc1-c1ccccc1F. The van der Waals surface area contributed by atoms with Crippen LogP contribution < -0.4 is 0 Å². The van der Waals surface area contributed by atoms with Crippen LogP contribution in [0.15, 0.2) is 48.8 Å². The van der Waals surface area contributed by atoms with Gasteiger partial charge in [-0.05, 0) is 24.3 Å². The van der Waals surface area contributed by atoms with Crippen molar-refractivity contribution >= 4 is 17.1 Å². The first kappa shape index (κ1) is 13.6. The first-order chi connectivity index (χ1) is 10.2. The lowest BCUT2D eigenvalue weighted by molar-refractivity contribution is 0.102. The molecule has 104 valence electrons. The van der Waals surface area contributed by atoms with E-state index in [-0.39, 0.29) is 11.6 Å². The Kier molecular flexibility index (Phi) is 3.58. The summed E-state index contributed by atoms with van der Waals surface area (Å²) in [6.07, 6.45) is 3.32. The Hall–Kier alpha value is -2.40. The third-order valence-corrected chi connectivity index (χ3v) is 4.21. The van der Waals surface area contributed by atoms with Crippen LogP contribution in [0.3, 0.4) is 0 Å². The summed E-state index contributed by atoms with van der Waals surface area (Å²) in [7, 11) is 0. The average Bonchev–Trinajstić information content (AvgIpc) is 2.94. The van der Waals surface area contributed by atoms with Crippen molar-refractivity contribution in [3.8, 4) is 21.8 Å². The minimum atomic E-state index is -0.383. The normalized spacial score (nSPS) is 10.6. The molecule has 2 heterocycles. The lowest BCUT2D eigenvalue weighted by atomic mass is 10.1. The zero-order valence-electron chi connectivity index (χ0n) is 11.2. The number of benzene rings is 1. The smallest absolute Gasteiger partial charge is 0.172 e. The molecule has 0 bridgehead atoms. The van der Waals surface area contributed by atoms with Crippen molar-refractivity contribution < 1.29 is 9.18 Å². The van der Waals surface area contributed by atoms with E-state index in [1.807, 2.05) is 12.1 Å². The van der Waals surface area contributed by atoms with Gasteiger partial charge in [0.05, 0.1) is 10.6 Å². The molecule has 0 radical (unpaired) electrons. The van der Waals surface area contributed by atoms with E-state index in [9.17, 15) is 9.18 Å². The minimum absolute atomic E-state index is 0.119. The number of carbonyl (C=O) groups is 1. The van der Waals surface area contributed by atoms with Crippen molar-refractivity contribution in [3.05, 3.63) is 59.5 Å². The van der Waals surface area contributed by atoms with Crippen LogP contribution in [0.1, 0.15) is 16.6 Å². The number of Topliss-reactive ketones (excluding diaryl/α,β-unsaturated/α-hetero) is 1. The highest BCUT2D eigenvalue weighted by Gasteiger charge is 2.19. The van der Waals surface area contributed by atoms with Gasteiger partial charge < -0.3 is 0 Å². The number of pyridine rings is 1. The molecule has 0 fully saturated rings. The maximum atomic E-state index is 14.0. The molecule has 0 saturated heterocycles. The first-order valence-electron chi connectivity index (χ1n) is 6.34. The standard InChI is InChI=1S/C16H11FN2OS/c1-10(20)15-14(12-4-2-3-5-13(12)17)19-16(21-15)11-6-8-18-9-7-11/h2-9H,1H3. The topological polar surface area (TPSA) is 42.9 Å². The zero-order chi connectivity index (χ0) is 14.8. The highest BCUT2D eigenvalue weighted by atomic mass is 32.1. The van der Waals surface area contributed by atoms with Gasteiger partial charge in [0, 0.05) is 30.4 Å². The first-order valence-corrected chi connectivity index (χ1v) is 7.15. The van der Waals surface area contributed by atoms with Crippen LogP contribution in [0.25, 0.3) is 21.8 Å². The minimum Gasteiger partial charge on any atom is -0.294 e. The van der Waals surface area contributed by atoms with Crippen LogP contribution in [-0.4, -0.2) is 15.8 Å². The molecule has 0 unspecified atom stereocenters. The van der Waals surface area contributed by atoms with Crippen molar-refractivity contribution in [2.45, 2.75) is 6.92 Å². The molecule has 1 aromatic carbocycles. The second kappa shape index (κ2) is 5.54. The lowest BCUT2D eigenvalue weighted by Gasteiger charge is -2.00. The molecule has 2 aromatic heterocycles. The molecule has 0 atom stereocenters. The molecule has 0 N–H and O–H groups in total. The van der Waals surface area contributed by atoms with Gasteiger partial charge >= 0.3 is 0 Å². The summed E-state index contributed by atoms with van der Waals surface area (Å²) in [5.74, 6) is -0.502. The molecule has 0 aliphatic rings. The van der Waals surface area contributed by atoms with Crippen molar-refractivity contribution in [2.75, 3.05) is 0 Å². The summed E-state index contributed by atoms with van der Waals surface area (Å²) >= 11 is 1.27. The molecule has 3 aromatic rings. The predicted octanol–water partition coefficient (Wildman–Crippen LogP) is 4.21. The quantitative estimate of drug-likeness (QED) is 0.680. The monoisotopic (exact) mass is 298 g/mol. The lowest BCUT2D eigenvalue weighted by Crippen LogP contribution is -1.93. The summed E-state index contributed by atoms with van der Waals surface area (Å²) in [4.78, 5) is 20.7. The summed E-state index contributed by atoms with van der Waals surface area (Å²) in [5.41, 5.74) is 1.61. The molecule has 0 aliphatic carbocycles. The highest BCUT2D eigenvalue weighted by Crippen LogP contribution is 2.34. The molecule has 0 spiro atoms. The average molecular weight is 298 g/mol. The van der Waals surface area contributed by atoms with E-state index in [2.05, 4.69) is 9.97 Å². The molecule has 3 nitrogen and oxygen atoms in total. The number of hydrogen-bond donors (Lipinski definition) is 0. The summed E-state index contributed by atoms with van der Waals surface area (Å²) in [5, 5.41) is 0.681. The number of halogens is 1. The van der Waals surface area contributed by atoms with E-state index in [0.717, 1.165) is 5.56 Å². The van der Waals surface area contributed by atoms with Crippen LogP contribution in [0.5, 0.6) is 0 Å². The number of hydrogen-bond acceptors (Lipinski definition) is 4. The van der Waals surface area contributed by atoms with E-state index in [1.165, 1.54) is 24.3 Å². The van der Waals surface area contributed by atoms with Gasteiger partial charge in [-0.1, -0.05) is 12.1 Å². The maximum Gasteiger partial charge on any atom is 0.172 e. The summed E-state index contributed by atoms with van der Waals surface area (Å²) < 4.78 is 14.0. The Bertz CT molecular complexity index is 799. The maximum absolute atomic E-state index is 14.0. The fourth-order valence-electron chi connectivity index (χ4n) is 2.01. The summed E-state index contributed by atoms with van der Waals surface area (Å²) in [6.45, 7) is 1.47. The van der Waals surface area contributed by atoms with Gasteiger partial charge in [-0.2, -0.15) is 0 Å². The molecule has 5 heteroatoms. The van der Waals surface area contributed by atoms with Gasteiger partial charge in [-0.25, -0.2) is 9.37 Å². The fourth-order valence-corrected chi connectivity index (χ4v) is 2.99. The predicted molar refractivity (Wildman–Crippen MR) is 80.7 cm³/mol. The van der Waals surface area contributed by atoms with E-state index >= 15 is 0 Å². The fraction of sp³-hybridized carbons (Fsp3) is 0.0625. The van der Waals surface area contributed by atoms with Crippen molar-refractivity contribution in [2.24, 2.45) is 0 Å². The van der Waals surface area contributed by atoms with Gasteiger partial charge in [-0.15, -0.1) is 11.3 Å². The molecule has 0 amide bonds. The number of ketones is 1. The summed E-state index contributed by atoms with van der Waals surface area (Å²) in [6, 6.07) is 9.97. The molecule has 3 rings (SSSR count). The van der Waals surface area contributed by atoms with Crippen LogP contribution in [0.2, 0.25) is 0 Å². The third-order valence-electron chi connectivity index (χ3n) is 3.00. The van der Waals surface area contributed by atoms with Gasteiger partial charge in [-0.3, -0.25) is 9.78 Å². The van der Waals surface area contributed by atoms with Crippen LogP contribution in [0.4, 0.5) is 4.39 Å². The van der Waals surface area contributed by atoms with Crippen molar-refractivity contribution in [1.82, 2.24) is 9.97 Å². The van der Waals surface area contributed by atoms with Gasteiger partial charge in [0.25, 0.3) is 0 Å². The van der Waals surface area contributed by atoms with Gasteiger partial charge in [0.2, 0.25) is 0 Å². The van der Waals surface area contributed by atoms with Crippen LogP contribution in [0, 0.1) is 5.82 Å². The van der Waals surface area contributed by atoms with Crippen LogP contribution in [-0.2, 0) is 0 Å². The molecular weight excluding hydrogens is 287 g/mol. The number of rotatable bonds is 3. The zero-order valence-corrected chi connectivity index (χ0v) is 12.0. The Labute approximate surface area is 125 Å². The Balaban J connectivity index is 2.19. The van der Waals surface area contributed by atoms with E-state index in [1.54, 1.807) is 30.6 Å². The van der Waals surface area contributed by atoms with Gasteiger partial charge in [0.15, 0.2) is 5.78 Å². The van der Waals surface area contributed by atoms with E-state index in [4.69, 9.17) is 0 Å². The Morgan fingerprint density at radius 2 is 1.86 bits per heavy atom. The van der Waals surface area contributed by atoms with Crippen molar-refractivity contribution in [3.63, 3.8) is 0 Å². The number of nitrogens with zero attached hydrogens (tertiary/aromatic N) is 2. The third kappa shape index (κ3) is 2.60. The number of aromatic nitrogens is 2. The Morgan fingerprint density at radius 1 is 1.14 bits per heavy atom. The van der Waals surface area contributed by atoms with Crippen molar-refractivity contribution in [1.29, 1.82) is 0 Å². The number of thiazole rings is 1. The molecule has 0 aliphatic heterocycles.